The lowest BCUT2D eigenvalue weighted by Crippen LogP contribution is -2.44. The minimum Gasteiger partial charge on any atom is -0.347 e. The second-order valence-electron chi connectivity index (χ2n) is 10.7. The first kappa shape index (κ1) is 25.4. The number of allylic oxidation sites excluding steroid dienone is 2. The van der Waals surface area contributed by atoms with Gasteiger partial charge in [-0.3, -0.25) is 9.59 Å². The van der Waals surface area contributed by atoms with Crippen LogP contribution in [0.5, 0.6) is 0 Å². The number of ether oxygens (including phenoxy) is 2. The Labute approximate surface area is 217 Å². The smallest absolute Gasteiger partial charge is 0.254 e. The molecule has 1 atom stereocenters. The first-order valence-electron chi connectivity index (χ1n) is 13.2. The van der Waals surface area contributed by atoms with Crippen molar-refractivity contribution in [1.29, 1.82) is 5.26 Å². The summed E-state index contributed by atoms with van der Waals surface area (Å²) in [7, 11) is 0. The molecule has 2 aromatic rings. The molecule has 3 heterocycles. The Hall–Kier alpha value is -3.28. The van der Waals surface area contributed by atoms with Gasteiger partial charge >= 0.3 is 0 Å². The van der Waals surface area contributed by atoms with Crippen LogP contribution in [0.3, 0.4) is 0 Å². The minimum absolute atomic E-state index is 0.0171. The van der Waals surface area contributed by atoms with E-state index in [-0.39, 0.29) is 29.6 Å². The third kappa shape index (κ3) is 5.68. The summed E-state index contributed by atoms with van der Waals surface area (Å²) >= 11 is 0. The zero-order chi connectivity index (χ0) is 26.0. The van der Waals surface area contributed by atoms with Gasteiger partial charge in [0.1, 0.15) is 11.8 Å². The number of likely N-dealkylation sites (tertiary alicyclic amines) is 1. The number of hydrogen-bond donors (Lipinski definition) is 1. The highest BCUT2D eigenvalue weighted by atomic mass is 16.7. The fraction of sp³-hybridized carbons (Fsp3) is 0.517. The monoisotopic (exact) mass is 502 g/mol. The second-order valence-corrected chi connectivity index (χ2v) is 10.7. The summed E-state index contributed by atoms with van der Waals surface area (Å²) in [6.45, 7) is 5.37. The lowest BCUT2D eigenvalue weighted by Gasteiger charge is -2.34. The van der Waals surface area contributed by atoms with Crippen LogP contribution in [0.2, 0.25) is 0 Å². The molecule has 3 aliphatic rings. The summed E-state index contributed by atoms with van der Waals surface area (Å²) in [6.07, 6.45) is 9.61. The van der Waals surface area contributed by atoms with Gasteiger partial charge in [0.15, 0.2) is 17.7 Å². The summed E-state index contributed by atoms with van der Waals surface area (Å²) in [6, 6.07) is 8.47. The van der Waals surface area contributed by atoms with E-state index in [0.29, 0.717) is 25.6 Å². The number of ketones is 1. The van der Waals surface area contributed by atoms with E-state index in [0.717, 1.165) is 43.2 Å². The average molecular weight is 503 g/mol. The number of nitriles is 1. The van der Waals surface area contributed by atoms with E-state index in [9.17, 15) is 9.59 Å². The van der Waals surface area contributed by atoms with Gasteiger partial charge in [0.2, 0.25) is 5.78 Å². The Kier molecular flexibility index (Phi) is 7.27. The highest BCUT2D eigenvalue weighted by Crippen LogP contribution is 2.35. The Morgan fingerprint density at radius 1 is 1.24 bits per heavy atom. The standard InChI is InChI=1S/C29H34N4O4/c1-29(2)36-18-26(37-29)28(35)33-12-10-19(11-13-33)21-8-9-22(24(14-21)20-6-4-3-5-7-20)15-25(34)27-31-17-23(16-30)32-27/h6,8-9,14,17,19,26H,3-5,7,10-13,15,18H2,1-2H3,(H,31,32). The van der Waals surface area contributed by atoms with Crippen LogP contribution in [0.15, 0.2) is 30.5 Å². The number of nitrogens with one attached hydrogen (secondary N) is 1. The lowest BCUT2D eigenvalue weighted by atomic mass is 9.83. The molecule has 1 N–H and O–H groups in total. The molecule has 2 aliphatic heterocycles. The first-order valence-corrected chi connectivity index (χ1v) is 13.2. The van der Waals surface area contributed by atoms with Gasteiger partial charge in [-0.2, -0.15) is 5.26 Å². The van der Waals surface area contributed by atoms with Gasteiger partial charge in [-0.05, 0) is 80.6 Å². The zero-order valence-corrected chi connectivity index (χ0v) is 21.6. The molecule has 0 bridgehead atoms. The van der Waals surface area contributed by atoms with Crippen LogP contribution in [-0.4, -0.2) is 58.1 Å². The van der Waals surface area contributed by atoms with Crippen LogP contribution >= 0.6 is 0 Å². The van der Waals surface area contributed by atoms with Gasteiger partial charge < -0.3 is 19.4 Å². The predicted octanol–water partition coefficient (Wildman–Crippen LogP) is 4.52. The molecule has 2 saturated heterocycles. The predicted molar refractivity (Wildman–Crippen MR) is 138 cm³/mol. The molecule has 1 aromatic carbocycles. The van der Waals surface area contributed by atoms with Crippen molar-refractivity contribution in [2.45, 2.75) is 76.6 Å². The molecule has 8 heteroatoms. The summed E-state index contributed by atoms with van der Waals surface area (Å²) < 4.78 is 11.4. The summed E-state index contributed by atoms with van der Waals surface area (Å²) in [4.78, 5) is 34.7. The number of nitrogens with zero attached hydrogens (tertiary/aromatic N) is 3. The van der Waals surface area contributed by atoms with Gasteiger partial charge in [-0.1, -0.05) is 24.3 Å². The van der Waals surface area contributed by atoms with Crippen LogP contribution in [0.4, 0.5) is 0 Å². The fourth-order valence-corrected chi connectivity index (χ4v) is 5.61. The highest BCUT2D eigenvalue weighted by Gasteiger charge is 2.39. The normalized spacial score (nSPS) is 21.9. The van der Waals surface area contributed by atoms with Crippen LogP contribution in [-0.2, 0) is 20.7 Å². The Bertz CT molecular complexity index is 1250. The number of H-pyrrole nitrogens is 1. The fourth-order valence-electron chi connectivity index (χ4n) is 5.61. The Morgan fingerprint density at radius 3 is 2.70 bits per heavy atom. The number of aromatic nitrogens is 2. The lowest BCUT2D eigenvalue weighted by molar-refractivity contribution is -0.160. The van der Waals surface area contributed by atoms with E-state index >= 15 is 0 Å². The zero-order valence-electron chi connectivity index (χ0n) is 21.6. The maximum atomic E-state index is 12.9. The molecule has 0 saturated carbocycles. The van der Waals surface area contributed by atoms with Crippen LogP contribution in [0.25, 0.3) is 5.57 Å². The average Bonchev–Trinajstić information content (AvgIpc) is 3.55. The van der Waals surface area contributed by atoms with Crippen molar-refractivity contribution < 1.29 is 19.1 Å². The van der Waals surface area contributed by atoms with E-state index in [4.69, 9.17) is 14.7 Å². The largest absolute Gasteiger partial charge is 0.347 e. The van der Waals surface area contributed by atoms with Crippen LogP contribution < -0.4 is 0 Å². The molecule has 1 aromatic heterocycles. The highest BCUT2D eigenvalue weighted by molar-refractivity contribution is 5.95. The van der Waals surface area contributed by atoms with Crippen molar-refractivity contribution in [1.82, 2.24) is 14.9 Å². The number of piperidine rings is 1. The molecular formula is C29H34N4O4. The van der Waals surface area contributed by atoms with Crippen molar-refractivity contribution >= 4 is 17.3 Å². The number of carbonyl (C=O) groups is 2. The molecule has 1 unspecified atom stereocenters. The molecule has 0 radical (unpaired) electrons. The van der Waals surface area contributed by atoms with Gasteiger partial charge in [-0.15, -0.1) is 0 Å². The van der Waals surface area contributed by atoms with Gasteiger partial charge in [0.05, 0.1) is 12.8 Å². The SMILES string of the molecule is CC1(C)OCC(C(=O)N2CCC(c3ccc(CC(=O)c4ncc(C#N)[nH]4)c(C4=CCCCC4)c3)CC2)O1. The number of carbonyl (C=O) groups excluding carboxylic acids is 2. The molecule has 37 heavy (non-hydrogen) atoms. The van der Waals surface area contributed by atoms with E-state index in [2.05, 4.69) is 34.2 Å². The van der Waals surface area contributed by atoms with Crippen LogP contribution in [0.1, 0.15) is 91.3 Å². The Balaban J connectivity index is 1.30. The van der Waals surface area contributed by atoms with E-state index < -0.39 is 11.9 Å². The third-order valence-electron chi connectivity index (χ3n) is 7.64. The first-order chi connectivity index (χ1) is 17.8. The second kappa shape index (κ2) is 10.6. The molecular weight excluding hydrogens is 468 g/mol. The molecule has 8 nitrogen and oxygen atoms in total. The topological polar surface area (TPSA) is 108 Å². The number of amides is 1. The number of Topliss-reactive ketones (excluding diaryl/α,β-unsaturated/α-hetero) is 1. The number of benzene rings is 1. The maximum absolute atomic E-state index is 12.9. The van der Waals surface area contributed by atoms with E-state index in [1.54, 1.807) is 0 Å². The van der Waals surface area contributed by atoms with Crippen LogP contribution in [0, 0.1) is 11.3 Å². The number of aromatic amines is 1. The van der Waals surface area contributed by atoms with Crippen molar-refractivity contribution in [2.75, 3.05) is 19.7 Å². The summed E-state index contributed by atoms with van der Waals surface area (Å²) in [5.41, 5.74) is 4.99. The van der Waals surface area contributed by atoms with Crippen molar-refractivity contribution in [3.05, 3.63) is 58.7 Å². The summed E-state index contributed by atoms with van der Waals surface area (Å²) in [5.74, 6) is -0.233. The van der Waals surface area contributed by atoms with Crippen molar-refractivity contribution in [2.24, 2.45) is 0 Å². The van der Waals surface area contributed by atoms with Gasteiger partial charge in [-0.25, -0.2) is 4.98 Å². The van der Waals surface area contributed by atoms with Gasteiger partial charge in [0, 0.05) is 19.5 Å². The number of rotatable bonds is 6. The molecule has 194 valence electrons. The molecule has 1 aliphatic carbocycles. The van der Waals surface area contributed by atoms with E-state index in [1.165, 1.54) is 23.8 Å². The number of imidazole rings is 1. The van der Waals surface area contributed by atoms with E-state index in [1.807, 2.05) is 24.8 Å². The molecule has 0 spiro atoms. The molecule has 1 amide bonds. The number of hydrogen-bond acceptors (Lipinski definition) is 6. The maximum Gasteiger partial charge on any atom is 0.254 e. The quantitative estimate of drug-likeness (QED) is 0.582. The van der Waals surface area contributed by atoms with Gasteiger partial charge in [0.25, 0.3) is 5.91 Å². The molecule has 2 fully saturated rings. The third-order valence-corrected chi connectivity index (χ3v) is 7.64. The molecule has 5 rings (SSSR count). The summed E-state index contributed by atoms with van der Waals surface area (Å²) in [5, 5.41) is 9.04. The van der Waals surface area contributed by atoms with Crippen molar-refractivity contribution in [3.63, 3.8) is 0 Å². The minimum atomic E-state index is -0.707. The Morgan fingerprint density at radius 2 is 2.05 bits per heavy atom. The van der Waals surface area contributed by atoms with Crippen molar-refractivity contribution in [3.8, 4) is 6.07 Å².